The lowest BCUT2D eigenvalue weighted by Crippen LogP contribution is -2.26. The number of nitriles is 1. The van der Waals surface area contributed by atoms with Gasteiger partial charge in [-0.15, -0.1) is 0 Å². The molecule has 0 spiro atoms. The van der Waals surface area contributed by atoms with Crippen LogP contribution in [0.4, 0.5) is 5.69 Å². The summed E-state index contributed by atoms with van der Waals surface area (Å²) in [6, 6.07) is 7.07. The Morgan fingerprint density at radius 3 is 2.81 bits per heavy atom. The molecule has 6 nitrogen and oxygen atoms in total. The molecule has 0 unspecified atom stereocenters. The quantitative estimate of drug-likeness (QED) is 0.844. The van der Waals surface area contributed by atoms with E-state index in [0.717, 1.165) is 37.2 Å². The fourth-order valence-corrected chi connectivity index (χ4v) is 2.50. The number of nitrogens with zero attached hydrogens (tertiary/aromatic N) is 5. The lowest BCUT2D eigenvalue weighted by molar-refractivity contribution is 0.636. The fourth-order valence-electron chi connectivity index (χ4n) is 2.50. The molecule has 0 aromatic carbocycles. The minimum atomic E-state index is -0.130. The third kappa shape index (κ3) is 2.92. The normalized spacial score (nSPS) is 14.1. The molecule has 106 valence electrons. The molecule has 0 atom stereocenters. The van der Waals surface area contributed by atoms with Crippen molar-refractivity contribution in [3.8, 4) is 6.07 Å². The molecule has 0 N–H and O–H groups in total. The van der Waals surface area contributed by atoms with E-state index in [1.807, 2.05) is 6.07 Å². The average Bonchev–Trinajstić information content (AvgIpc) is 3.04. The van der Waals surface area contributed by atoms with E-state index in [1.165, 1.54) is 4.68 Å². The second-order valence-electron chi connectivity index (χ2n) is 5.06. The van der Waals surface area contributed by atoms with Gasteiger partial charge >= 0.3 is 0 Å². The van der Waals surface area contributed by atoms with Gasteiger partial charge in [0.15, 0.2) is 0 Å². The Labute approximate surface area is 122 Å². The molecule has 2 aromatic heterocycles. The predicted octanol–water partition coefficient (Wildman–Crippen LogP) is 1.16. The molecule has 1 aliphatic heterocycles. The van der Waals surface area contributed by atoms with Crippen molar-refractivity contribution < 1.29 is 0 Å². The molecule has 1 saturated heterocycles. The van der Waals surface area contributed by atoms with Gasteiger partial charge < -0.3 is 4.90 Å². The zero-order chi connectivity index (χ0) is 14.7. The van der Waals surface area contributed by atoms with E-state index < -0.39 is 0 Å². The Balaban J connectivity index is 1.82. The van der Waals surface area contributed by atoms with Gasteiger partial charge in [0.25, 0.3) is 5.56 Å². The average molecular weight is 281 g/mol. The Morgan fingerprint density at radius 1 is 1.29 bits per heavy atom. The van der Waals surface area contributed by atoms with Crippen molar-refractivity contribution in [2.45, 2.75) is 19.4 Å². The van der Waals surface area contributed by atoms with E-state index in [1.54, 1.807) is 30.6 Å². The number of hydrogen-bond donors (Lipinski definition) is 0. The Bertz CT molecular complexity index is 740. The van der Waals surface area contributed by atoms with Crippen LogP contribution in [0, 0.1) is 11.3 Å². The highest BCUT2D eigenvalue weighted by Gasteiger charge is 2.13. The predicted molar refractivity (Wildman–Crippen MR) is 78.0 cm³/mol. The molecule has 0 bridgehead atoms. The van der Waals surface area contributed by atoms with Gasteiger partial charge in [0.05, 0.1) is 18.4 Å². The first-order valence-electron chi connectivity index (χ1n) is 6.93. The number of rotatable bonds is 3. The summed E-state index contributed by atoms with van der Waals surface area (Å²) in [6.45, 7) is 2.32. The molecule has 0 saturated carbocycles. The van der Waals surface area contributed by atoms with E-state index in [2.05, 4.69) is 15.0 Å². The first-order chi connectivity index (χ1) is 10.3. The molecule has 2 aromatic rings. The fraction of sp³-hybridized carbons (Fsp3) is 0.333. The summed E-state index contributed by atoms with van der Waals surface area (Å²) in [4.78, 5) is 18.2. The largest absolute Gasteiger partial charge is 0.370 e. The van der Waals surface area contributed by atoms with Crippen molar-refractivity contribution in [2.75, 3.05) is 18.0 Å². The summed E-state index contributed by atoms with van der Waals surface area (Å²) in [5.41, 5.74) is 1.94. The molecule has 21 heavy (non-hydrogen) atoms. The van der Waals surface area contributed by atoms with Crippen molar-refractivity contribution in [3.05, 3.63) is 52.2 Å². The van der Waals surface area contributed by atoms with Crippen molar-refractivity contribution >= 4 is 5.69 Å². The van der Waals surface area contributed by atoms with Gasteiger partial charge in [-0.2, -0.15) is 10.4 Å². The van der Waals surface area contributed by atoms with Gasteiger partial charge in [-0.25, -0.2) is 9.67 Å². The molecule has 3 heterocycles. The maximum absolute atomic E-state index is 12.1. The standard InChI is InChI=1S/C15H15N5O/c16-9-13-7-12(3-4-17-13)11-20-15(21)8-14(10-18-20)19-5-1-2-6-19/h3-4,7-8,10H,1-2,5-6,11H2. The van der Waals surface area contributed by atoms with Crippen LogP contribution >= 0.6 is 0 Å². The van der Waals surface area contributed by atoms with Crippen molar-refractivity contribution in [1.29, 1.82) is 5.26 Å². The smallest absolute Gasteiger partial charge is 0.269 e. The molecule has 1 fully saturated rings. The van der Waals surface area contributed by atoms with Crippen LogP contribution in [-0.2, 0) is 6.54 Å². The molecular weight excluding hydrogens is 266 g/mol. The van der Waals surface area contributed by atoms with Crippen LogP contribution < -0.4 is 10.5 Å². The summed E-state index contributed by atoms with van der Waals surface area (Å²) in [6.07, 6.45) is 5.63. The van der Waals surface area contributed by atoms with Crippen LogP contribution in [0.5, 0.6) is 0 Å². The van der Waals surface area contributed by atoms with Crippen LogP contribution in [-0.4, -0.2) is 27.9 Å². The lowest BCUT2D eigenvalue weighted by atomic mass is 10.2. The van der Waals surface area contributed by atoms with Gasteiger partial charge in [-0.3, -0.25) is 4.79 Å². The number of pyridine rings is 1. The highest BCUT2D eigenvalue weighted by atomic mass is 16.1. The number of hydrogen-bond acceptors (Lipinski definition) is 5. The van der Waals surface area contributed by atoms with Crippen LogP contribution in [0.2, 0.25) is 0 Å². The van der Waals surface area contributed by atoms with E-state index >= 15 is 0 Å². The van der Waals surface area contributed by atoms with E-state index in [9.17, 15) is 4.79 Å². The first kappa shape index (κ1) is 13.3. The molecule has 0 amide bonds. The number of anilines is 1. The Kier molecular flexibility index (Phi) is 3.65. The SMILES string of the molecule is N#Cc1cc(Cn2ncc(N3CCCC3)cc2=O)ccn1. The van der Waals surface area contributed by atoms with Crippen molar-refractivity contribution in [2.24, 2.45) is 0 Å². The number of aromatic nitrogens is 3. The summed E-state index contributed by atoms with van der Waals surface area (Å²) >= 11 is 0. The minimum absolute atomic E-state index is 0.130. The van der Waals surface area contributed by atoms with E-state index in [4.69, 9.17) is 5.26 Å². The maximum Gasteiger partial charge on any atom is 0.269 e. The third-order valence-electron chi connectivity index (χ3n) is 3.60. The summed E-state index contributed by atoms with van der Waals surface area (Å²) < 4.78 is 1.40. The van der Waals surface area contributed by atoms with E-state index in [0.29, 0.717) is 12.2 Å². The molecule has 0 aliphatic carbocycles. The summed E-state index contributed by atoms with van der Waals surface area (Å²) in [5.74, 6) is 0. The molecule has 1 aliphatic rings. The topological polar surface area (TPSA) is 74.8 Å². The van der Waals surface area contributed by atoms with E-state index in [-0.39, 0.29) is 5.56 Å². The van der Waals surface area contributed by atoms with Gasteiger partial charge in [-0.05, 0) is 30.5 Å². The van der Waals surface area contributed by atoms with Crippen LogP contribution in [0.1, 0.15) is 24.1 Å². The van der Waals surface area contributed by atoms with Crippen molar-refractivity contribution in [1.82, 2.24) is 14.8 Å². The monoisotopic (exact) mass is 281 g/mol. The lowest BCUT2D eigenvalue weighted by Gasteiger charge is -2.17. The zero-order valence-electron chi connectivity index (χ0n) is 11.6. The second kappa shape index (κ2) is 5.75. The van der Waals surface area contributed by atoms with Crippen LogP contribution in [0.15, 0.2) is 35.4 Å². The van der Waals surface area contributed by atoms with Crippen LogP contribution in [0.3, 0.4) is 0 Å². The molecule has 0 radical (unpaired) electrons. The zero-order valence-corrected chi connectivity index (χ0v) is 11.6. The highest BCUT2D eigenvalue weighted by Crippen LogP contribution is 2.16. The first-order valence-corrected chi connectivity index (χ1v) is 6.93. The Hall–Kier alpha value is -2.68. The van der Waals surface area contributed by atoms with Gasteiger partial charge in [0.1, 0.15) is 11.8 Å². The van der Waals surface area contributed by atoms with Gasteiger partial charge in [-0.1, -0.05) is 0 Å². The summed E-state index contributed by atoms with van der Waals surface area (Å²) in [5, 5.41) is 13.1. The molecule has 3 rings (SSSR count). The Morgan fingerprint density at radius 2 is 2.10 bits per heavy atom. The van der Waals surface area contributed by atoms with Gasteiger partial charge in [0, 0.05) is 25.4 Å². The van der Waals surface area contributed by atoms with Crippen molar-refractivity contribution in [3.63, 3.8) is 0 Å². The second-order valence-corrected chi connectivity index (χ2v) is 5.06. The maximum atomic E-state index is 12.1. The third-order valence-corrected chi connectivity index (χ3v) is 3.60. The molecular formula is C15H15N5O. The minimum Gasteiger partial charge on any atom is -0.370 e. The van der Waals surface area contributed by atoms with Crippen LogP contribution in [0.25, 0.3) is 0 Å². The molecule has 6 heteroatoms. The van der Waals surface area contributed by atoms with Gasteiger partial charge in [0.2, 0.25) is 0 Å². The summed E-state index contributed by atoms with van der Waals surface area (Å²) in [7, 11) is 0. The highest BCUT2D eigenvalue weighted by molar-refractivity contribution is 5.43.